The highest BCUT2D eigenvalue weighted by molar-refractivity contribution is 5.95. The Balaban J connectivity index is 1.44. The third-order valence-corrected chi connectivity index (χ3v) is 7.10. The van der Waals surface area contributed by atoms with Crippen LogP contribution < -0.4 is 25.0 Å². The van der Waals surface area contributed by atoms with Crippen LogP contribution in [0.4, 0.5) is 5.69 Å². The lowest BCUT2D eigenvalue weighted by atomic mass is 9.89. The summed E-state index contributed by atoms with van der Waals surface area (Å²) in [6.45, 7) is 1.54. The highest BCUT2D eigenvalue weighted by Gasteiger charge is 2.30. The monoisotopic (exact) mass is 460 g/mol. The number of amides is 1. The van der Waals surface area contributed by atoms with E-state index in [4.69, 9.17) is 14.5 Å². The molecule has 2 aliphatic rings. The van der Waals surface area contributed by atoms with Crippen LogP contribution in [0.3, 0.4) is 0 Å². The maximum Gasteiger partial charge on any atom is 0.224 e. The number of hydrogen-bond acceptors (Lipinski definition) is 6. The van der Waals surface area contributed by atoms with E-state index < -0.39 is 0 Å². The van der Waals surface area contributed by atoms with Crippen LogP contribution >= 0.6 is 0 Å². The molecular formula is C27H32N4O3. The number of methoxy groups -OCH3 is 1. The van der Waals surface area contributed by atoms with E-state index in [1.165, 1.54) is 0 Å². The normalized spacial score (nSPS) is 21.9. The van der Waals surface area contributed by atoms with Gasteiger partial charge in [-0.1, -0.05) is 0 Å². The summed E-state index contributed by atoms with van der Waals surface area (Å²) in [5.74, 6) is 1.77. The van der Waals surface area contributed by atoms with Crippen molar-refractivity contribution in [3.63, 3.8) is 0 Å². The maximum absolute atomic E-state index is 12.2. The van der Waals surface area contributed by atoms with E-state index in [9.17, 15) is 4.79 Å². The molecule has 1 aliphatic heterocycles. The SMILES string of the molecule is CNC(=O)C1CCN(c2cc(-c3ccc(OC4CC(NC)C4)cc3)nc3cc(OC)ccc23)C1. The molecule has 1 saturated carbocycles. The molecule has 2 fully saturated rings. The molecule has 178 valence electrons. The van der Waals surface area contributed by atoms with Gasteiger partial charge in [0.05, 0.1) is 24.2 Å². The molecule has 7 nitrogen and oxygen atoms in total. The molecule has 5 rings (SSSR count). The first-order valence-electron chi connectivity index (χ1n) is 12.0. The molecule has 0 radical (unpaired) electrons. The summed E-state index contributed by atoms with van der Waals surface area (Å²) in [6.07, 6.45) is 3.21. The van der Waals surface area contributed by atoms with Crippen molar-refractivity contribution in [2.75, 3.05) is 39.2 Å². The quantitative estimate of drug-likeness (QED) is 0.561. The Hall–Kier alpha value is -3.32. The summed E-state index contributed by atoms with van der Waals surface area (Å²) < 4.78 is 11.6. The van der Waals surface area contributed by atoms with E-state index in [0.717, 1.165) is 65.2 Å². The van der Waals surface area contributed by atoms with Crippen LogP contribution in [0.15, 0.2) is 48.5 Å². The third-order valence-electron chi connectivity index (χ3n) is 7.10. The van der Waals surface area contributed by atoms with Gasteiger partial charge in [0.15, 0.2) is 0 Å². The standard InChI is InChI=1S/C27H32N4O3/c1-28-19-12-22(13-19)34-20-6-4-17(5-7-20)24-15-26(31-11-10-18(16-31)27(32)29-2)23-9-8-21(33-3)14-25(23)30-24/h4-9,14-15,18-19,22,28H,10-13,16H2,1-3H3,(H,29,32). The minimum Gasteiger partial charge on any atom is -0.497 e. The maximum atomic E-state index is 12.2. The van der Waals surface area contributed by atoms with Gasteiger partial charge in [-0.15, -0.1) is 0 Å². The average Bonchev–Trinajstić information content (AvgIpc) is 3.35. The van der Waals surface area contributed by atoms with E-state index in [0.29, 0.717) is 12.6 Å². The predicted molar refractivity (Wildman–Crippen MR) is 135 cm³/mol. The number of benzene rings is 2. The smallest absolute Gasteiger partial charge is 0.224 e. The topological polar surface area (TPSA) is 75.7 Å². The molecule has 1 atom stereocenters. The van der Waals surface area contributed by atoms with Gasteiger partial charge in [0.25, 0.3) is 0 Å². The first-order valence-corrected chi connectivity index (χ1v) is 12.0. The number of ether oxygens (including phenoxy) is 2. The minimum atomic E-state index is 0.000331. The minimum absolute atomic E-state index is 0.000331. The highest BCUT2D eigenvalue weighted by Crippen LogP contribution is 2.36. The number of nitrogens with zero attached hydrogens (tertiary/aromatic N) is 2. The van der Waals surface area contributed by atoms with Crippen LogP contribution in [-0.4, -0.2) is 57.3 Å². The summed E-state index contributed by atoms with van der Waals surface area (Å²) in [5, 5.41) is 7.14. The zero-order valence-corrected chi connectivity index (χ0v) is 20.0. The van der Waals surface area contributed by atoms with Crippen LogP contribution in [-0.2, 0) is 4.79 Å². The molecule has 7 heteroatoms. The first-order chi connectivity index (χ1) is 16.6. The summed E-state index contributed by atoms with van der Waals surface area (Å²) in [7, 11) is 5.37. The molecule has 2 aromatic carbocycles. The lowest BCUT2D eigenvalue weighted by molar-refractivity contribution is -0.123. The van der Waals surface area contributed by atoms with E-state index in [-0.39, 0.29) is 17.9 Å². The highest BCUT2D eigenvalue weighted by atomic mass is 16.5. The van der Waals surface area contributed by atoms with Gasteiger partial charge in [0, 0.05) is 48.9 Å². The van der Waals surface area contributed by atoms with E-state index in [1.54, 1.807) is 14.2 Å². The summed E-state index contributed by atoms with van der Waals surface area (Å²) in [4.78, 5) is 19.5. The number of carbonyl (C=O) groups is 1. The number of anilines is 1. The largest absolute Gasteiger partial charge is 0.497 e. The number of fused-ring (bicyclic) bond motifs is 1. The predicted octanol–water partition coefficient (Wildman–Crippen LogP) is 3.61. The summed E-state index contributed by atoms with van der Waals surface area (Å²) in [5.41, 5.74) is 3.90. The van der Waals surface area contributed by atoms with Crippen molar-refractivity contribution < 1.29 is 14.3 Å². The summed E-state index contributed by atoms with van der Waals surface area (Å²) >= 11 is 0. The molecule has 2 N–H and O–H groups in total. The number of hydrogen-bond donors (Lipinski definition) is 2. The van der Waals surface area contributed by atoms with Crippen LogP contribution in [0.2, 0.25) is 0 Å². The van der Waals surface area contributed by atoms with Crippen molar-refractivity contribution in [3.05, 3.63) is 48.5 Å². The van der Waals surface area contributed by atoms with Gasteiger partial charge in [-0.2, -0.15) is 0 Å². The van der Waals surface area contributed by atoms with E-state index in [2.05, 4.69) is 39.8 Å². The Labute approximate surface area is 200 Å². The molecule has 34 heavy (non-hydrogen) atoms. The first kappa shape index (κ1) is 22.5. The average molecular weight is 461 g/mol. The fraction of sp³-hybridized carbons (Fsp3) is 0.407. The number of pyridine rings is 1. The molecule has 2 heterocycles. The van der Waals surface area contributed by atoms with Crippen molar-refractivity contribution in [2.24, 2.45) is 5.92 Å². The molecule has 0 spiro atoms. The van der Waals surface area contributed by atoms with Crippen molar-refractivity contribution in [2.45, 2.75) is 31.4 Å². The third kappa shape index (κ3) is 4.40. The summed E-state index contributed by atoms with van der Waals surface area (Å²) in [6, 6.07) is 16.9. The van der Waals surface area contributed by atoms with E-state index in [1.807, 2.05) is 31.3 Å². The number of aromatic nitrogens is 1. The van der Waals surface area contributed by atoms with Gasteiger partial charge in [-0.05, 0) is 68.8 Å². The molecule has 1 saturated heterocycles. The van der Waals surface area contributed by atoms with E-state index >= 15 is 0 Å². The number of nitrogens with one attached hydrogen (secondary N) is 2. The van der Waals surface area contributed by atoms with Crippen LogP contribution in [0, 0.1) is 5.92 Å². The molecule has 1 aromatic heterocycles. The fourth-order valence-corrected chi connectivity index (χ4v) is 4.92. The zero-order chi connectivity index (χ0) is 23.7. The Bertz CT molecular complexity index is 1170. The fourth-order valence-electron chi connectivity index (χ4n) is 4.92. The molecule has 1 amide bonds. The van der Waals surface area contributed by atoms with Gasteiger partial charge in [-0.25, -0.2) is 4.98 Å². The van der Waals surface area contributed by atoms with Gasteiger partial charge < -0.3 is 25.0 Å². The second-order valence-corrected chi connectivity index (χ2v) is 9.18. The van der Waals surface area contributed by atoms with Crippen LogP contribution in [0.25, 0.3) is 22.2 Å². The van der Waals surface area contributed by atoms with Crippen molar-refractivity contribution in [1.82, 2.24) is 15.6 Å². The second-order valence-electron chi connectivity index (χ2n) is 9.18. The zero-order valence-electron chi connectivity index (χ0n) is 20.0. The molecule has 0 bridgehead atoms. The Morgan fingerprint density at radius 3 is 2.53 bits per heavy atom. The number of rotatable bonds is 7. The Morgan fingerprint density at radius 2 is 1.82 bits per heavy atom. The molecule has 1 unspecified atom stereocenters. The lowest BCUT2D eigenvalue weighted by Crippen LogP contribution is -2.45. The van der Waals surface area contributed by atoms with Gasteiger partial charge in [-0.3, -0.25) is 4.79 Å². The van der Waals surface area contributed by atoms with Gasteiger partial charge >= 0.3 is 0 Å². The van der Waals surface area contributed by atoms with Crippen LogP contribution in [0.1, 0.15) is 19.3 Å². The molecule has 3 aromatic rings. The molecular weight excluding hydrogens is 428 g/mol. The second kappa shape index (κ2) is 9.50. The van der Waals surface area contributed by atoms with Crippen LogP contribution in [0.5, 0.6) is 11.5 Å². The van der Waals surface area contributed by atoms with Gasteiger partial charge in [0.2, 0.25) is 5.91 Å². The molecule has 1 aliphatic carbocycles. The Kier molecular flexibility index (Phi) is 6.28. The lowest BCUT2D eigenvalue weighted by Gasteiger charge is -2.35. The Morgan fingerprint density at radius 1 is 1.06 bits per heavy atom. The number of carbonyl (C=O) groups excluding carboxylic acids is 1. The van der Waals surface area contributed by atoms with Gasteiger partial charge in [0.1, 0.15) is 17.6 Å². The van der Waals surface area contributed by atoms with Crippen molar-refractivity contribution in [1.29, 1.82) is 0 Å². The van der Waals surface area contributed by atoms with Crippen molar-refractivity contribution in [3.8, 4) is 22.8 Å². The van der Waals surface area contributed by atoms with Crippen molar-refractivity contribution >= 4 is 22.5 Å².